The maximum absolute atomic E-state index is 12.8. The van der Waals surface area contributed by atoms with E-state index in [1.165, 1.54) is 24.3 Å². The lowest BCUT2D eigenvalue weighted by Gasteiger charge is -2.22. The first-order valence-electron chi connectivity index (χ1n) is 7.31. The second kappa shape index (κ2) is 8.74. The minimum atomic E-state index is -0.891. The fraction of sp³-hybridized carbons (Fsp3) is 0.562. The van der Waals surface area contributed by atoms with Crippen LogP contribution in [0, 0.1) is 5.82 Å². The van der Waals surface area contributed by atoms with Crippen LogP contribution in [0.5, 0.6) is 0 Å². The van der Waals surface area contributed by atoms with Crippen LogP contribution in [-0.2, 0) is 9.53 Å². The monoisotopic (exact) mass is 297 g/mol. The third-order valence-corrected chi connectivity index (χ3v) is 3.29. The third kappa shape index (κ3) is 5.81. The van der Waals surface area contributed by atoms with E-state index in [1.54, 1.807) is 13.8 Å². The van der Waals surface area contributed by atoms with Gasteiger partial charge in [-0.1, -0.05) is 25.5 Å². The topological polar surface area (TPSA) is 58.6 Å². The summed E-state index contributed by atoms with van der Waals surface area (Å²) in [4.78, 5) is 11.9. The van der Waals surface area contributed by atoms with Crippen LogP contribution in [-0.4, -0.2) is 29.8 Å². The van der Waals surface area contributed by atoms with E-state index in [9.17, 15) is 14.3 Å². The lowest BCUT2D eigenvalue weighted by molar-refractivity contribution is -0.133. The van der Waals surface area contributed by atoms with Gasteiger partial charge in [-0.3, -0.25) is 4.79 Å². The quantitative estimate of drug-likeness (QED) is 0.725. The molecule has 1 aromatic rings. The minimum Gasteiger partial charge on any atom is -0.386 e. The summed E-state index contributed by atoms with van der Waals surface area (Å²) in [6.45, 7) is 5.97. The van der Waals surface area contributed by atoms with Gasteiger partial charge in [0.1, 0.15) is 11.9 Å². The molecule has 0 aromatic heterocycles. The van der Waals surface area contributed by atoms with Gasteiger partial charge >= 0.3 is 0 Å². The average Bonchev–Trinajstić information content (AvgIpc) is 2.47. The van der Waals surface area contributed by atoms with E-state index < -0.39 is 18.2 Å². The molecule has 21 heavy (non-hydrogen) atoms. The van der Waals surface area contributed by atoms with E-state index in [0.29, 0.717) is 12.2 Å². The first-order chi connectivity index (χ1) is 9.95. The van der Waals surface area contributed by atoms with Crippen LogP contribution in [0.2, 0.25) is 0 Å². The molecule has 0 saturated heterocycles. The molecule has 1 rings (SSSR count). The third-order valence-electron chi connectivity index (χ3n) is 3.29. The van der Waals surface area contributed by atoms with Crippen molar-refractivity contribution >= 4 is 5.91 Å². The number of amides is 1. The zero-order chi connectivity index (χ0) is 15.8. The number of ether oxygens (including phenoxy) is 1. The number of hydrogen-bond donors (Lipinski definition) is 2. The molecule has 0 unspecified atom stereocenters. The van der Waals surface area contributed by atoms with Gasteiger partial charge in [-0.05, 0) is 38.0 Å². The average molecular weight is 297 g/mol. The highest BCUT2D eigenvalue weighted by Gasteiger charge is 2.21. The lowest BCUT2D eigenvalue weighted by Crippen LogP contribution is -2.42. The molecular formula is C16H24FNO3. The maximum atomic E-state index is 12.8. The first kappa shape index (κ1) is 17.6. The van der Waals surface area contributed by atoms with E-state index in [1.807, 2.05) is 0 Å². The Bertz CT molecular complexity index is 436. The summed E-state index contributed by atoms with van der Waals surface area (Å²) in [5.41, 5.74) is 0.559. The number of rotatable bonds is 8. The molecular weight excluding hydrogens is 273 g/mol. The fourth-order valence-electron chi connectivity index (χ4n) is 1.85. The largest absolute Gasteiger partial charge is 0.386 e. The normalized spacial score (nSPS) is 15.3. The fourth-order valence-corrected chi connectivity index (χ4v) is 1.85. The van der Waals surface area contributed by atoms with E-state index in [4.69, 9.17) is 4.74 Å². The van der Waals surface area contributed by atoms with Crippen LogP contribution in [0.1, 0.15) is 45.3 Å². The van der Waals surface area contributed by atoms with E-state index in [2.05, 4.69) is 12.2 Å². The Balaban J connectivity index is 2.49. The number of nitrogens with one attached hydrogen (secondary N) is 1. The van der Waals surface area contributed by atoms with E-state index >= 15 is 0 Å². The number of hydrogen-bond acceptors (Lipinski definition) is 3. The summed E-state index contributed by atoms with van der Waals surface area (Å²) in [7, 11) is 0. The summed E-state index contributed by atoms with van der Waals surface area (Å²) < 4.78 is 18.2. The van der Waals surface area contributed by atoms with Crippen LogP contribution in [0.25, 0.3) is 0 Å². The molecule has 0 aliphatic carbocycles. The Hall–Kier alpha value is -1.46. The molecule has 0 bridgehead atoms. The number of carbonyl (C=O) groups excluding carboxylic acids is 1. The second-order valence-electron chi connectivity index (χ2n) is 5.16. The van der Waals surface area contributed by atoms with Crippen molar-refractivity contribution in [1.29, 1.82) is 0 Å². The van der Waals surface area contributed by atoms with Crippen LogP contribution in [0.4, 0.5) is 4.39 Å². The van der Waals surface area contributed by atoms with Gasteiger partial charge in [0, 0.05) is 6.61 Å². The van der Waals surface area contributed by atoms with E-state index in [0.717, 1.165) is 12.8 Å². The highest BCUT2D eigenvalue weighted by atomic mass is 19.1. The van der Waals surface area contributed by atoms with Gasteiger partial charge < -0.3 is 15.2 Å². The molecule has 5 heteroatoms. The van der Waals surface area contributed by atoms with Crippen molar-refractivity contribution in [2.45, 2.75) is 51.9 Å². The molecule has 3 atom stereocenters. The summed E-state index contributed by atoms with van der Waals surface area (Å²) in [5, 5.41) is 12.9. The number of benzene rings is 1. The highest BCUT2D eigenvalue weighted by Crippen LogP contribution is 2.17. The Morgan fingerprint density at radius 3 is 2.52 bits per heavy atom. The Morgan fingerprint density at radius 2 is 1.95 bits per heavy atom. The number of unbranched alkanes of at least 4 members (excludes halogenated alkanes) is 1. The maximum Gasteiger partial charge on any atom is 0.249 e. The predicted octanol–water partition coefficient (Wildman–Crippen LogP) is 2.57. The van der Waals surface area contributed by atoms with Crippen molar-refractivity contribution in [2.24, 2.45) is 0 Å². The van der Waals surface area contributed by atoms with Crippen molar-refractivity contribution in [3.8, 4) is 0 Å². The van der Waals surface area contributed by atoms with Crippen LogP contribution in [0.3, 0.4) is 0 Å². The molecule has 0 saturated carbocycles. The molecule has 0 spiro atoms. The number of halogens is 1. The minimum absolute atomic E-state index is 0.264. The van der Waals surface area contributed by atoms with Gasteiger partial charge in [-0.2, -0.15) is 0 Å². The van der Waals surface area contributed by atoms with Crippen molar-refractivity contribution in [2.75, 3.05) is 6.61 Å². The van der Waals surface area contributed by atoms with Crippen molar-refractivity contribution in [1.82, 2.24) is 5.32 Å². The smallest absolute Gasteiger partial charge is 0.249 e. The van der Waals surface area contributed by atoms with Gasteiger partial charge in [0.2, 0.25) is 5.91 Å². The first-order valence-corrected chi connectivity index (χ1v) is 7.31. The molecule has 118 valence electrons. The number of carbonyl (C=O) groups is 1. The molecule has 2 N–H and O–H groups in total. The van der Waals surface area contributed by atoms with E-state index in [-0.39, 0.29) is 11.7 Å². The van der Waals surface area contributed by atoms with Gasteiger partial charge in [-0.25, -0.2) is 4.39 Å². The molecule has 0 heterocycles. The zero-order valence-corrected chi connectivity index (χ0v) is 12.8. The zero-order valence-electron chi connectivity index (χ0n) is 12.8. The Morgan fingerprint density at radius 1 is 1.33 bits per heavy atom. The number of aliphatic hydroxyl groups excluding tert-OH is 1. The van der Waals surface area contributed by atoms with Crippen LogP contribution >= 0.6 is 0 Å². The Kier molecular flexibility index (Phi) is 7.32. The highest BCUT2D eigenvalue weighted by molar-refractivity contribution is 5.80. The SMILES string of the molecule is CCCCO[C@H](C)C(=O)N[C@H](C)[C@H](O)c1ccc(F)cc1. The number of aliphatic hydroxyl groups is 1. The van der Waals surface area contributed by atoms with Crippen molar-refractivity contribution in [3.63, 3.8) is 0 Å². The van der Waals surface area contributed by atoms with Crippen molar-refractivity contribution < 1.29 is 19.0 Å². The molecule has 0 radical (unpaired) electrons. The van der Waals surface area contributed by atoms with Crippen LogP contribution in [0.15, 0.2) is 24.3 Å². The summed E-state index contributed by atoms with van der Waals surface area (Å²) >= 11 is 0. The molecule has 0 fully saturated rings. The van der Waals surface area contributed by atoms with Crippen LogP contribution < -0.4 is 5.32 Å². The molecule has 0 aliphatic rings. The Labute approximate surface area is 125 Å². The standard InChI is InChI=1S/C16H24FNO3/c1-4-5-10-21-12(3)16(20)18-11(2)15(19)13-6-8-14(17)9-7-13/h6-9,11-12,15,19H,4-5,10H2,1-3H3,(H,18,20)/t11-,12-,15+/m1/s1. The summed E-state index contributed by atoms with van der Waals surface area (Å²) in [6.07, 6.45) is 0.469. The molecule has 0 aliphatic heterocycles. The van der Waals surface area contributed by atoms with Crippen molar-refractivity contribution in [3.05, 3.63) is 35.6 Å². The summed E-state index contributed by atoms with van der Waals surface area (Å²) in [5.74, 6) is -0.625. The molecule has 4 nitrogen and oxygen atoms in total. The predicted molar refractivity (Wildman–Crippen MR) is 79.3 cm³/mol. The lowest BCUT2D eigenvalue weighted by atomic mass is 10.0. The van der Waals surface area contributed by atoms with Gasteiger partial charge in [-0.15, -0.1) is 0 Å². The van der Waals surface area contributed by atoms with Gasteiger partial charge in [0.25, 0.3) is 0 Å². The summed E-state index contributed by atoms with van der Waals surface area (Å²) in [6, 6.07) is 5.08. The second-order valence-corrected chi connectivity index (χ2v) is 5.16. The molecule has 1 aromatic carbocycles. The van der Waals surface area contributed by atoms with Gasteiger partial charge in [0.05, 0.1) is 12.1 Å². The molecule has 1 amide bonds. The van der Waals surface area contributed by atoms with Gasteiger partial charge in [0.15, 0.2) is 0 Å².